The van der Waals surface area contributed by atoms with Crippen LogP contribution in [0.1, 0.15) is 19.8 Å². The number of anilines is 1. The molecule has 4 rings (SSSR count). The maximum Gasteiger partial charge on any atom is 0.233 e. The summed E-state index contributed by atoms with van der Waals surface area (Å²) in [6, 6.07) is 10.6. The molecule has 3 aliphatic rings. The molecule has 1 aromatic rings. The maximum absolute atomic E-state index is 12.7. The van der Waals surface area contributed by atoms with Crippen LogP contribution in [0.4, 0.5) is 5.69 Å². The van der Waals surface area contributed by atoms with E-state index in [1.807, 2.05) is 18.2 Å². The summed E-state index contributed by atoms with van der Waals surface area (Å²) in [5.41, 5.74) is 1.17. The normalized spacial score (nSPS) is 27.6. The topological polar surface area (TPSA) is 77.0 Å². The van der Waals surface area contributed by atoms with Crippen LogP contribution in [0.15, 0.2) is 47.5 Å². The first-order valence-electron chi connectivity index (χ1n) is 11.3. The molecule has 166 valence electrons. The van der Waals surface area contributed by atoms with Crippen molar-refractivity contribution in [2.24, 2.45) is 28.7 Å². The highest BCUT2D eigenvalue weighted by Gasteiger charge is 2.58. The Morgan fingerprint density at radius 1 is 1.13 bits per heavy atom. The van der Waals surface area contributed by atoms with Gasteiger partial charge >= 0.3 is 0 Å². The molecule has 31 heavy (non-hydrogen) atoms. The second-order valence-corrected chi connectivity index (χ2v) is 8.86. The van der Waals surface area contributed by atoms with Crippen molar-refractivity contribution >= 4 is 23.5 Å². The average Bonchev–Trinajstić information content (AvgIpc) is 3.48. The maximum atomic E-state index is 12.7. The summed E-state index contributed by atoms with van der Waals surface area (Å²) in [6.45, 7) is 4.03. The molecule has 1 heterocycles. The van der Waals surface area contributed by atoms with Gasteiger partial charge in [0, 0.05) is 45.5 Å². The van der Waals surface area contributed by atoms with Crippen LogP contribution in [0.3, 0.4) is 0 Å². The van der Waals surface area contributed by atoms with Gasteiger partial charge in [0.05, 0.1) is 11.8 Å². The van der Waals surface area contributed by atoms with Crippen molar-refractivity contribution in [2.75, 3.05) is 38.6 Å². The molecular weight excluding hydrogens is 390 g/mol. The number of para-hydroxylation sites is 1. The quantitative estimate of drug-likeness (QED) is 0.220. The number of benzene rings is 1. The Bertz CT molecular complexity index is 838. The first kappa shape index (κ1) is 21.4. The Morgan fingerprint density at radius 2 is 1.77 bits per heavy atom. The van der Waals surface area contributed by atoms with E-state index in [0.29, 0.717) is 19.5 Å². The first-order valence-corrected chi connectivity index (χ1v) is 11.3. The van der Waals surface area contributed by atoms with E-state index in [1.165, 1.54) is 10.6 Å². The lowest BCUT2D eigenvalue weighted by Gasteiger charge is -2.28. The van der Waals surface area contributed by atoms with Gasteiger partial charge in [0.2, 0.25) is 11.8 Å². The Labute approximate surface area is 184 Å². The van der Waals surface area contributed by atoms with Gasteiger partial charge in [-0.1, -0.05) is 30.4 Å². The summed E-state index contributed by atoms with van der Waals surface area (Å²) in [7, 11) is 3.83. The number of aliphatic imine (C=N–C) groups is 1. The minimum Gasteiger partial charge on any atom is -0.370 e. The predicted octanol–water partition coefficient (Wildman–Crippen LogP) is 1.87. The number of fused-ring (bicyclic) bond motifs is 5. The highest BCUT2D eigenvalue weighted by molar-refractivity contribution is 6.06. The number of likely N-dealkylation sites (tertiary alicyclic amines) is 1. The van der Waals surface area contributed by atoms with Crippen LogP contribution in [0, 0.1) is 23.7 Å². The molecule has 5 unspecified atom stereocenters. The molecule has 1 aromatic carbocycles. The van der Waals surface area contributed by atoms with Gasteiger partial charge in [0.25, 0.3) is 0 Å². The second kappa shape index (κ2) is 9.12. The summed E-state index contributed by atoms with van der Waals surface area (Å²) in [6.07, 6.45) is 5.95. The van der Waals surface area contributed by atoms with E-state index in [-0.39, 0.29) is 41.5 Å². The zero-order valence-corrected chi connectivity index (χ0v) is 18.6. The summed E-state index contributed by atoms with van der Waals surface area (Å²) >= 11 is 0. The van der Waals surface area contributed by atoms with E-state index >= 15 is 0 Å². The van der Waals surface area contributed by atoms with Gasteiger partial charge in [-0.3, -0.25) is 19.5 Å². The Morgan fingerprint density at radius 3 is 2.39 bits per heavy atom. The first-order chi connectivity index (χ1) is 15.0. The van der Waals surface area contributed by atoms with Gasteiger partial charge in [-0.2, -0.15) is 0 Å². The molecule has 0 radical (unpaired) electrons. The van der Waals surface area contributed by atoms with Gasteiger partial charge in [-0.05, 0) is 43.7 Å². The SMILES string of the molecule is CN=C(NCCCN1C(=O)C2C3C=CC(C3)C2C1=O)NCC(C)N(C)c1ccccc1. The fraction of sp³-hybridized carbons (Fsp3) is 0.542. The lowest BCUT2D eigenvalue weighted by atomic mass is 9.85. The number of guanidine groups is 1. The number of nitrogens with one attached hydrogen (secondary N) is 2. The number of imide groups is 1. The fourth-order valence-electron chi connectivity index (χ4n) is 5.15. The fourth-order valence-corrected chi connectivity index (χ4v) is 5.15. The Kier molecular flexibility index (Phi) is 6.30. The number of amides is 2. The average molecular weight is 424 g/mol. The molecule has 2 fully saturated rings. The number of nitrogens with zero attached hydrogens (tertiary/aromatic N) is 3. The van der Waals surface area contributed by atoms with Crippen molar-refractivity contribution in [1.29, 1.82) is 0 Å². The molecule has 2 bridgehead atoms. The van der Waals surface area contributed by atoms with E-state index < -0.39 is 0 Å². The highest BCUT2D eigenvalue weighted by atomic mass is 16.2. The van der Waals surface area contributed by atoms with E-state index in [2.05, 4.69) is 58.8 Å². The lowest BCUT2D eigenvalue weighted by Crippen LogP contribution is -2.45. The van der Waals surface area contributed by atoms with Gasteiger partial charge in [0.15, 0.2) is 5.96 Å². The van der Waals surface area contributed by atoms with E-state index in [4.69, 9.17) is 0 Å². The van der Waals surface area contributed by atoms with Crippen LogP contribution in [0.2, 0.25) is 0 Å². The number of rotatable bonds is 8. The molecular formula is C24H33N5O2. The molecule has 1 saturated carbocycles. The molecule has 0 spiro atoms. The van der Waals surface area contributed by atoms with Crippen LogP contribution >= 0.6 is 0 Å². The molecule has 7 heteroatoms. The van der Waals surface area contributed by atoms with Gasteiger partial charge in [-0.15, -0.1) is 0 Å². The smallest absolute Gasteiger partial charge is 0.233 e. The van der Waals surface area contributed by atoms with E-state index in [1.54, 1.807) is 7.05 Å². The minimum absolute atomic E-state index is 0.0344. The number of hydrogen-bond acceptors (Lipinski definition) is 4. The van der Waals surface area contributed by atoms with Crippen LogP contribution in [0.25, 0.3) is 0 Å². The van der Waals surface area contributed by atoms with E-state index in [0.717, 1.165) is 18.9 Å². The zero-order chi connectivity index (χ0) is 22.0. The Hall–Kier alpha value is -2.83. The predicted molar refractivity (Wildman–Crippen MR) is 123 cm³/mol. The second-order valence-electron chi connectivity index (χ2n) is 8.86. The highest BCUT2D eigenvalue weighted by Crippen LogP contribution is 2.52. The monoisotopic (exact) mass is 423 g/mol. The third-order valence-electron chi connectivity index (χ3n) is 7.03. The summed E-state index contributed by atoms with van der Waals surface area (Å²) in [5, 5.41) is 6.66. The number of carbonyl (C=O) groups excluding carboxylic acids is 2. The molecule has 7 nitrogen and oxygen atoms in total. The van der Waals surface area contributed by atoms with Crippen molar-refractivity contribution in [3.05, 3.63) is 42.5 Å². The van der Waals surface area contributed by atoms with Crippen LogP contribution in [-0.2, 0) is 9.59 Å². The third-order valence-corrected chi connectivity index (χ3v) is 7.03. The van der Waals surface area contributed by atoms with E-state index in [9.17, 15) is 9.59 Å². The van der Waals surface area contributed by atoms with Crippen molar-refractivity contribution in [3.8, 4) is 0 Å². The molecule has 2 aliphatic carbocycles. The molecule has 1 aliphatic heterocycles. The van der Waals surface area contributed by atoms with Crippen molar-refractivity contribution in [2.45, 2.75) is 25.8 Å². The number of hydrogen-bond donors (Lipinski definition) is 2. The van der Waals surface area contributed by atoms with Crippen molar-refractivity contribution in [3.63, 3.8) is 0 Å². The van der Waals surface area contributed by atoms with Crippen LogP contribution in [-0.4, -0.2) is 62.4 Å². The molecule has 2 amide bonds. The van der Waals surface area contributed by atoms with Crippen molar-refractivity contribution < 1.29 is 9.59 Å². The minimum atomic E-state index is -0.104. The number of likely N-dealkylation sites (N-methyl/N-ethyl adjacent to an activating group) is 1. The molecule has 5 atom stereocenters. The largest absolute Gasteiger partial charge is 0.370 e. The van der Waals surface area contributed by atoms with Gasteiger partial charge in [-0.25, -0.2) is 0 Å². The lowest BCUT2D eigenvalue weighted by molar-refractivity contribution is -0.140. The van der Waals surface area contributed by atoms with Crippen molar-refractivity contribution in [1.82, 2.24) is 15.5 Å². The van der Waals surface area contributed by atoms with Crippen LogP contribution in [0.5, 0.6) is 0 Å². The standard InChI is InChI=1S/C24H33N5O2/c1-16(28(3)19-8-5-4-6-9-19)15-27-24(25-2)26-12-7-13-29-22(30)20-17-10-11-18(14-17)21(20)23(29)31/h4-6,8-11,16-18,20-21H,7,12-15H2,1-3H3,(H2,25,26,27). The summed E-state index contributed by atoms with van der Waals surface area (Å²) in [5.74, 6) is 1.13. The summed E-state index contributed by atoms with van der Waals surface area (Å²) < 4.78 is 0. The third kappa shape index (κ3) is 4.18. The Balaban J connectivity index is 1.19. The molecule has 0 aromatic heterocycles. The van der Waals surface area contributed by atoms with Crippen LogP contribution < -0.4 is 15.5 Å². The molecule has 2 N–H and O–H groups in total. The van der Waals surface area contributed by atoms with Gasteiger partial charge in [0.1, 0.15) is 0 Å². The van der Waals surface area contributed by atoms with Gasteiger partial charge < -0.3 is 15.5 Å². The number of allylic oxidation sites excluding steroid dienone is 2. The zero-order valence-electron chi connectivity index (χ0n) is 18.6. The summed E-state index contributed by atoms with van der Waals surface area (Å²) in [4.78, 5) is 33.5. The number of carbonyl (C=O) groups is 2. The molecule has 1 saturated heterocycles.